The second-order valence-corrected chi connectivity index (χ2v) is 8.02. The quantitative estimate of drug-likeness (QED) is 0.746. The molecule has 128 valence electrons. The van der Waals surface area contributed by atoms with Crippen LogP contribution in [-0.4, -0.2) is 34.1 Å². The van der Waals surface area contributed by atoms with Crippen molar-refractivity contribution in [3.05, 3.63) is 53.3 Å². The fourth-order valence-electron chi connectivity index (χ4n) is 2.57. The summed E-state index contributed by atoms with van der Waals surface area (Å²) < 4.78 is 26.3. The van der Waals surface area contributed by atoms with Gasteiger partial charge in [0.2, 0.25) is 0 Å². The van der Waals surface area contributed by atoms with E-state index in [1.165, 1.54) is 23.5 Å². The summed E-state index contributed by atoms with van der Waals surface area (Å²) in [5.74, 6) is -0.402. The van der Waals surface area contributed by atoms with E-state index < -0.39 is 15.9 Å². The highest BCUT2D eigenvalue weighted by molar-refractivity contribution is 7.89. The van der Waals surface area contributed by atoms with Crippen LogP contribution in [0.15, 0.2) is 46.9 Å². The van der Waals surface area contributed by atoms with Crippen LogP contribution in [0.4, 0.5) is 0 Å². The molecule has 1 aromatic carbocycles. The average molecular weight is 375 g/mol. The first-order chi connectivity index (χ1) is 11.9. The molecule has 0 saturated heterocycles. The third-order valence-electron chi connectivity index (χ3n) is 3.71. The summed E-state index contributed by atoms with van der Waals surface area (Å²) in [7, 11) is -1.95. The molecular weight excluding hydrogens is 362 g/mol. The Kier molecular flexibility index (Phi) is 3.67. The number of amides is 1. The number of benzene rings is 1. The number of carbonyl (C=O) groups is 1. The van der Waals surface area contributed by atoms with Crippen LogP contribution in [0.5, 0.6) is 0 Å². The molecule has 1 N–H and O–H groups in total. The number of fused-ring (bicyclic) bond motifs is 1. The minimum absolute atomic E-state index is 0.00873. The van der Waals surface area contributed by atoms with Gasteiger partial charge in [-0.25, -0.2) is 13.4 Å². The maximum atomic E-state index is 12.6. The van der Waals surface area contributed by atoms with Crippen molar-refractivity contribution in [3.8, 4) is 10.6 Å². The SMILES string of the molecule is Cn1cc(-c2nc(CN3NS(=O)(=O)c4ccccc4C3=O)cs2)cn1. The predicted molar refractivity (Wildman–Crippen MR) is 91.0 cm³/mol. The first-order valence-electron chi connectivity index (χ1n) is 7.31. The lowest BCUT2D eigenvalue weighted by molar-refractivity contribution is 0.0685. The van der Waals surface area contributed by atoms with E-state index in [2.05, 4.69) is 14.9 Å². The Labute approximate surface area is 147 Å². The van der Waals surface area contributed by atoms with E-state index >= 15 is 0 Å². The van der Waals surface area contributed by atoms with Gasteiger partial charge in [-0.2, -0.15) is 5.10 Å². The lowest BCUT2D eigenvalue weighted by Crippen LogP contribution is -2.49. The number of aromatic nitrogens is 3. The maximum Gasteiger partial charge on any atom is 0.270 e. The largest absolute Gasteiger partial charge is 0.275 e. The van der Waals surface area contributed by atoms with Crippen LogP contribution in [0.3, 0.4) is 0 Å². The van der Waals surface area contributed by atoms with E-state index in [9.17, 15) is 13.2 Å². The Morgan fingerprint density at radius 3 is 2.84 bits per heavy atom. The van der Waals surface area contributed by atoms with Gasteiger partial charge >= 0.3 is 0 Å². The normalized spacial score (nSPS) is 16.0. The van der Waals surface area contributed by atoms with Gasteiger partial charge in [0.15, 0.2) is 0 Å². The van der Waals surface area contributed by atoms with E-state index in [1.807, 2.05) is 13.2 Å². The van der Waals surface area contributed by atoms with Gasteiger partial charge in [-0.3, -0.25) is 14.5 Å². The van der Waals surface area contributed by atoms with E-state index in [0.29, 0.717) is 5.69 Å². The molecular formula is C15H13N5O3S2. The zero-order valence-corrected chi connectivity index (χ0v) is 14.7. The van der Waals surface area contributed by atoms with Gasteiger partial charge in [-0.05, 0) is 12.1 Å². The van der Waals surface area contributed by atoms with E-state index in [0.717, 1.165) is 15.6 Å². The molecule has 0 spiro atoms. The molecule has 0 fully saturated rings. The van der Waals surface area contributed by atoms with E-state index in [1.54, 1.807) is 28.4 Å². The Morgan fingerprint density at radius 1 is 1.28 bits per heavy atom. The number of hydrogen-bond donors (Lipinski definition) is 1. The molecule has 1 amide bonds. The number of thiazole rings is 1. The summed E-state index contributed by atoms with van der Waals surface area (Å²) in [6, 6.07) is 6.14. The van der Waals surface area contributed by atoms with Crippen molar-refractivity contribution >= 4 is 27.3 Å². The lowest BCUT2D eigenvalue weighted by atomic mass is 10.2. The molecule has 3 aromatic rings. The van der Waals surface area contributed by atoms with Crippen LogP contribution in [0.25, 0.3) is 10.6 Å². The summed E-state index contributed by atoms with van der Waals surface area (Å²) in [6.45, 7) is 0.0448. The third kappa shape index (κ3) is 2.84. The Hall–Kier alpha value is -2.56. The van der Waals surface area contributed by atoms with Crippen molar-refractivity contribution in [1.82, 2.24) is 24.6 Å². The molecule has 1 aliphatic heterocycles. The molecule has 0 radical (unpaired) electrons. The molecule has 0 atom stereocenters. The smallest absolute Gasteiger partial charge is 0.270 e. The second kappa shape index (κ2) is 5.76. The van der Waals surface area contributed by atoms with Crippen molar-refractivity contribution < 1.29 is 13.2 Å². The molecule has 10 heteroatoms. The van der Waals surface area contributed by atoms with Crippen molar-refractivity contribution in [2.24, 2.45) is 7.05 Å². The zero-order valence-electron chi connectivity index (χ0n) is 13.1. The molecule has 0 bridgehead atoms. The van der Waals surface area contributed by atoms with Gasteiger partial charge in [-0.1, -0.05) is 12.1 Å². The molecule has 0 unspecified atom stereocenters. The van der Waals surface area contributed by atoms with Crippen molar-refractivity contribution in [2.45, 2.75) is 11.4 Å². The van der Waals surface area contributed by atoms with Crippen LogP contribution in [0, 0.1) is 0 Å². The first kappa shape index (κ1) is 15.9. The van der Waals surface area contributed by atoms with E-state index in [4.69, 9.17) is 0 Å². The highest BCUT2D eigenvalue weighted by Gasteiger charge is 2.34. The zero-order chi connectivity index (χ0) is 17.6. The number of aryl methyl sites for hydroxylation is 1. The summed E-state index contributed by atoms with van der Waals surface area (Å²) in [5, 5.41) is 7.73. The standard InChI is InChI=1S/C15H13N5O3S2/c1-19-7-10(6-16-19)14-17-11(9-24-14)8-20-15(21)12-4-2-3-5-13(12)25(22,23)18-20/h2-7,9,18H,8H2,1H3. The predicted octanol–water partition coefficient (Wildman–Crippen LogP) is 1.39. The number of rotatable bonds is 3. The lowest BCUT2D eigenvalue weighted by Gasteiger charge is -2.28. The van der Waals surface area contributed by atoms with Gasteiger partial charge in [0.05, 0.1) is 28.9 Å². The molecule has 3 heterocycles. The number of hydrogen-bond acceptors (Lipinski definition) is 6. The highest BCUT2D eigenvalue weighted by atomic mass is 32.2. The van der Waals surface area contributed by atoms with E-state index in [-0.39, 0.29) is 17.0 Å². The van der Waals surface area contributed by atoms with Crippen molar-refractivity contribution in [1.29, 1.82) is 0 Å². The molecule has 2 aromatic heterocycles. The van der Waals surface area contributed by atoms with Crippen molar-refractivity contribution in [3.63, 3.8) is 0 Å². The minimum atomic E-state index is -3.77. The number of sulfonamides is 1. The fourth-order valence-corrected chi connectivity index (χ4v) is 4.59. The van der Waals surface area contributed by atoms with Gasteiger partial charge in [0.1, 0.15) is 5.01 Å². The molecule has 25 heavy (non-hydrogen) atoms. The van der Waals surface area contributed by atoms with Gasteiger partial charge in [0, 0.05) is 24.2 Å². The highest BCUT2D eigenvalue weighted by Crippen LogP contribution is 2.26. The van der Waals surface area contributed by atoms with Crippen molar-refractivity contribution in [2.75, 3.05) is 0 Å². The fraction of sp³-hybridized carbons (Fsp3) is 0.133. The molecule has 4 rings (SSSR count). The van der Waals surface area contributed by atoms with Gasteiger partial charge < -0.3 is 0 Å². The summed E-state index contributed by atoms with van der Waals surface area (Å²) in [5.41, 5.74) is 1.62. The topological polar surface area (TPSA) is 97.2 Å². The van der Waals surface area contributed by atoms with Crippen LogP contribution >= 0.6 is 11.3 Å². The first-order valence-corrected chi connectivity index (χ1v) is 9.67. The number of nitrogens with one attached hydrogen (secondary N) is 1. The maximum absolute atomic E-state index is 12.6. The monoisotopic (exact) mass is 375 g/mol. The minimum Gasteiger partial charge on any atom is -0.275 e. The molecule has 0 saturated carbocycles. The second-order valence-electron chi connectivity index (χ2n) is 5.53. The number of hydrazine groups is 1. The van der Waals surface area contributed by atoms with Crippen LogP contribution < -0.4 is 4.83 Å². The Bertz CT molecular complexity index is 1070. The summed E-state index contributed by atoms with van der Waals surface area (Å²) >= 11 is 1.41. The van der Waals surface area contributed by atoms with Crippen LogP contribution in [-0.2, 0) is 23.6 Å². The molecule has 8 nitrogen and oxygen atoms in total. The third-order valence-corrected chi connectivity index (χ3v) is 6.04. The van der Waals surface area contributed by atoms with Gasteiger partial charge in [0.25, 0.3) is 15.9 Å². The average Bonchev–Trinajstić information content (AvgIpc) is 3.21. The summed E-state index contributed by atoms with van der Waals surface area (Å²) in [4.78, 5) is 19.3. The molecule has 0 aliphatic carbocycles. The summed E-state index contributed by atoms with van der Waals surface area (Å²) in [6.07, 6.45) is 3.54. The Balaban J connectivity index is 1.62. The Morgan fingerprint density at radius 2 is 2.08 bits per heavy atom. The van der Waals surface area contributed by atoms with Gasteiger partial charge in [-0.15, -0.1) is 16.2 Å². The van der Waals surface area contributed by atoms with Crippen LogP contribution in [0.2, 0.25) is 0 Å². The number of nitrogens with zero attached hydrogens (tertiary/aromatic N) is 4. The molecule has 1 aliphatic rings. The van der Waals surface area contributed by atoms with Crippen LogP contribution in [0.1, 0.15) is 16.1 Å². The number of carbonyl (C=O) groups excluding carboxylic acids is 1.